The number of benzene rings is 2. The Morgan fingerprint density at radius 1 is 1.18 bits per heavy atom. The maximum Gasteiger partial charge on any atom is 0.233 e. The van der Waals surface area contributed by atoms with E-state index >= 15 is 0 Å². The lowest BCUT2D eigenvalue weighted by atomic mass is 9.98. The number of methoxy groups -OCH3 is 1. The summed E-state index contributed by atoms with van der Waals surface area (Å²) in [7, 11) is 1.64. The number of nitrogens with one attached hydrogen (secondary N) is 2. The zero-order chi connectivity index (χ0) is 20.1. The molecule has 3 unspecified atom stereocenters. The number of thioether (sulfide) groups is 1. The van der Waals surface area contributed by atoms with E-state index in [2.05, 4.69) is 24.1 Å². The van der Waals surface area contributed by atoms with Crippen molar-refractivity contribution in [2.45, 2.75) is 43.4 Å². The molecule has 0 spiro atoms. The Labute approximate surface area is 170 Å². The van der Waals surface area contributed by atoms with Gasteiger partial charge in [-0.25, -0.2) is 4.98 Å². The van der Waals surface area contributed by atoms with Crippen LogP contribution in [-0.4, -0.2) is 28.2 Å². The number of carbonyl (C=O) groups excluding carboxylic acids is 1. The van der Waals surface area contributed by atoms with Crippen LogP contribution >= 0.6 is 11.8 Å². The smallest absolute Gasteiger partial charge is 0.233 e. The summed E-state index contributed by atoms with van der Waals surface area (Å²) in [6, 6.07) is 15.5. The van der Waals surface area contributed by atoms with Gasteiger partial charge in [0.15, 0.2) is 0 Å². The first-order valence-electron chi connectivity index (χ1n) is 9.57. The second kappa shape index (κ2) is 9.15. The van der Waals surface area contributed by atoms with Gasteiger partial charge in [-0.15, -0.1) is 11.8 Å². The molecule has 148 valence electrons. The quantitative estimate of drug-likeness (QED) is 0.528. The summed E-state index contributed by atoms with van der Waals surface area (Å²) in [4.78, 5) is 22.0. The molecule has 2 N–H and O–H groups in total. The highest BCUT2D eigenvalue weighted by Gasteiger charge is 2.26. The molecule has 0 radical (unpaired) electrons. The zero-order valence-electron chi connectivity index (χ0n) is 16.7. The molecule has 0 saturated heterocycles. The van der Waals surface area contributed by atoms with Crippen molar-refractivity contribution in [3.63, 3.8) is 0 Å². The van der Waals surface area contributed by atoms with Crippen LogP contribution in [0, 0.1) is 5.92 Å². The number of H-pyrrole nitrogens is 1. The monoisotopic (exact) mass is 397 g/mol. The zero-order valence-corrected chi connectivity index (χ0v) is 17.5. The average molecular weight is 398 g/mol. The van der Waals surface area contributed by atoms with E-state index in [9.17, 15) is 4.79 Å². The van der Waals surface area contributed by atoms with E-state index in [0.29, 0.717) is 0 Å². The minimum atomic E-state index is -0.218. The van der Waals surface area contributed by atoms with E-state index in [-0.39, 0.29) is 23.1 Å². The number of para-hydroxylation sites is 2. The number of hydrogen-bond donors (Lipinski definition) is 2. The minimum absolute atomic E-state index is 0.00609. The minimum Gasteiger partial charge on any atom is -0.497 e. The van der Waals surface area contributed by atoms with Crippen LogP contribution in [0.1, 0.15) is 39.1 Å². The molecule has 1 aromatic heterocycles. The maximum atomic E-state index is 12.9. The Balaban J connectivity index is 1.73. The number of imidazole rings is 1. The van der Waals surface area contributed by atoms with Crippen molar-refractivity contribution in [3.05, 3.63) is 54.4 Å². The maximum absolute atomic E-state index is 12.9. The van der Waals surface area contributed by atoms with E-state index in [4.69, 9.17) is 9.72 Å². The Bertz CT molecular complexity index is 890. The predicted molar refractivity (Wildman–Crippen MR) is 115 cm³/mol. The molecule has 1 heterocycles. The number of aromatic amines is 1. The predicted octanol–water partition coefficient (Wildman–Crippen LogP) is 4.96. The molecule has 0 aliphatic rings. The van der Waals surface area contributed by atoms with Gasteiger partial charge in [-0.2, -0.15) is 0 Å². The highest BCUT2D eigenvalue weighted by molar-refractivity contribution is 8.00. The number of hydrogen-bond acceptors (Lipinski definition) is 4. The van der Waals surface area contributed by atoms with Crippen molar-refractivity contribution in [2.75, 3.05) is 7.11 Å². The normalized spacial score (nSPS) is 14.4. The van der Waals surface area contributed by atoms with Gasteiger partial charge in [0.05, 0.1) is 29.4 Å². The molecule has 1 amide bonds. The van der Waals surface area contributed by atoms with Gasteiger partial charge in [0.2, 0.25) is 5.91 Å². The number of amides is 1. The topological polar surface area (TPSA) is 67.0 Å². The molecule has 0 saturated carbocycles. The Morgan fingerprint density at radius 2 is 1.89 bits per heavy atom. The lowest BCUT2D eigenvalue weighted by molar-refractivity contribution is -0.121. The van der Waals surface area contributed by atoms with Crippen LogP contribution < -0.4 is 10.1 Å². The highest BCUT2D eigenvalue weighted by atomic mass is 32.2. The summed E-state index contributed by atoms with van der Waals surface area (Å²) in [5.41, 5.74) is 1.90. The third-order valence-electron chi connectivity index (χ3n) is 4.95. The fourth-order valence-corrected chi connectivity index (χ4v) is 3.89. The highest BCUT2D eigenvalue weighted by Crippen LogP contribution is 2.28. The molecular formula is C22H27N3O2S. The molecule has 3 rings (SSSR count). The summed E-state index contributed by atoms with van der Waals surface area (Å²) in [6.45, 7) is 6.19. The fraction of sp³-hybridized carbons (Fsp3) is 0.364. The van der Waals surface area contributed by atoms with Crippen molar-refractivity contribution < 1.29 is 9.53 Å². The number of nitrogens with zero attached hydrogens (tertiary/aromatic N) is 1. The third kappa shape index (κ3) is 4.68. The fourth-order valence-electron chi connectivity index (χ4n) is 3.02. The first-order chi connectivity index (χ1) is 13.5. The second-order valence-electron chi connectivity index (χ2n) is 6.95. The van der Waals surface area contributed by atoms with Crippen molar-refractivity contribution in [3.8, 4) is 5.75 Å². The van der Waals surface area contributed by atoms with Crippen LogP contribution in [0.2, 0.25) is 0 Å². The van der Waals surface area contributed by atoms with Crippen molar-refractivity contribution in [2.24, 2.45) is 5.92 Å². The van der Waals surface area contributed by atoms with Crippen LogP contribution in [0.15, 0.2) is 53.4 Å². The van der Waals surface area contributed by atoms with Crippen LogP contribution in [-0.2, 0) is 4.79 Å². The summed E-state index contributed by atoms with van der Waals surface area (Å²) in [5, 5.41) is 2.99. The van der Waals surface area contributed by atoms with Gasteiger partial charge in [0.25, 0.3) is 0 Å². The molecule has 0 bridgehead atoms. The second-order valence-corrected chi connectivity index (χ2v) is 8.36. The largest absolute Gasteiger partial charge is 0.497 e. The van der Waals surface area contributed by atoms with Crippen molar-refractivity contribution in [1.82, 2.24) is 15.3 Å². The molecule has 0 aliphatic heterocycles. The van der Waals surface area contributed by atoms with E-state index in [1.54, 1.807) is 7.11 Å². The van der Waals surface area contributed by atoms with Crippen LogP contribution in [0.4, 0.5) is 0 Å². The molecule has 5 nitrogen and oxygen atoms in total. The van der Waals surface area contributed by atoms with Gasteiger partial charge in [-0.3, -0.25) is 4.79 Å². The molecular weight excluding hydrogens is 370 g/mol. The Hall–Kier alpha value is -2.47. The first-order valence-corrected chi connectivity index (χ1v) is 10.5. The van der Waals surface area contributed by atoms with Gasteiger partial charge in [0.1, 0.15) is 11.6 Å². The van der Waals surface area contributed by atoms with E-state index in [1.165, 1.54) is 11.8 Å². The van der Waals surface area contributed by atoms with Crippen molar-refractivity contribution >= 4 is 28.7 Å². The molecule has 0 aliphatic carbocycles. The van der Waals surface area contributed by atoms with Gasteiger partial charge in [-0.1, -0.05) is 32.4 Å². The molecule has 0 fully saturated rings. The van der Waals surface area contributed by atoms with Crippen LogP contribution in [0.25, 0.3) is 11.0 Å². The molecule has 28 heavy (non-hydrogen) atoms. The Morgan fingerprint density at radius 3 is 2.54 bits per heavy atom. The lowest BCUT2D eigenvalue weighted by Crippen LogP contribution is -2.37. The van der Waals surface area contributed by atoms with Gasteiger partial charge in [-0.05, 0) is 49.2 Å². The van der Waals surface area contributed by atoms with Gasteiger partial charge in [0, 0.05) is 4.90 Å². The number of aromatic nitrogens is 2. The van der Waals surface area contributed by atoms with E-state index < -0.39 is 0 Å². The third-order valence-corrected chi connectivity index (χ3v) is 6.07. The van der Waals surface area contributed by atoms with Gasteiger partial charge < -0.3 is 15.0 Å². The summed E-state index contributed by atoms with van der Waals surface area (Å²) in [5.74, 6) is 1.89. The van der Waals surface area contributed by atoms with Crippen LogP contribution in [0.5, 0.6) is 5.75 Å². The summed E-state index contributed by atoms with van der Waals surface area (Å²) < 4.78 is 5.19. The van der Waals surface area contributed by atoms with E-state index in [0.717, 1.165) is 33.9 Å². The SMILES string of the molecule is CCC(C)C(NC(=O)C(C)Sc1ccc(OC)cc1)c1nc2ccccc2[nH]1. The first kappa shape index (κ1) is 20.3. The van der Waals surface area contributed by atoms with Crippen LogP contribution in [0.3, 0.4) is 0 Å². The molecule has 2 aromatic carbocycles. The molecule has 6 heteroatoms. The lowest BCUT2D eigenvalue weighted by Gasteiger charge is -2.24. The number of ether oxygens (including phenoxy) is 1. The standard InChI is InChI=1S/C22H27N3O2S/c1-5-14(2)20(21-23-18-8-6-7-9-19(18)24-21)25-22(26)15(3)28-17-12-10-16(27-4)11-13-17/h6-15,20H,5H2,1-4H3,(H,23,24)(H,25,26). The van der Waals surface area contributed by atoms with Gasteiger partial charge >= 0.3 is 0 Å². The summed E-state index contributed by atoms with van der Waals surface area (Å²) >= 11 is 1.53. The Kier molecular flexibility index (Phi) is 6.62. The summed E-state index contributed by atoms with van der Waals surface area (Å²) in [6.07, 6.45) is 0.946. The molecule has 3 aromatic rings. The average Bonchev–Trinajstić information content (AvgIpc) is 3.15. The van der Waals surface area contributed by atoms with Crippen molar-refractivity contribution in [1.29, 1.82) is 0 Å². The number of fused-ring (bicyclic) bond motifs is 1. The number of rotatable bonds is 8. The number of carbonyl (C=O) groups is 1. The molecule has 3 atom stereocenters. The van der Waals surface area contributed by atoms with E-state index in [1.807, 2.05) is 55.5 Å².